The van der Waals surface area contributed by atoms with Crippen LogP contribution in [0.25, 0.3) is 0 Å². The van der Waals surface area contributed by atoms with Gasteiger partial charge in [0.25, 0.3) is 0 Å². The lowest BCUT2D eigenvalue weighted by Gasteiger charge is -2.18. The molecule has 0 aliphatic carbocycles. The second-order valence-electron chi connectivity index (χ2n) is 3.16. The molecule has 0 aliphatic heterocycles. The van der Waals surface area contributed by atoms with Crippen molar-refractivity contribution in [2.24, 2.45) is 5.92 Å². The number of aliphatic carboxylic acids is 1. The Kier molecular flexibility index (Phi) is 3.43. The number of hydrogen-bond donors (Lipinski definition) is 2. The first-order valence-electron chi connectivity index (χ1n) is 4.12. The second-order valence-corrected chi connectivity index (χ2v) is 3.94. The van der Waals surface area contributed by atoms with Crippen LogP contribution in [0.15, 0.2) is 29.0 Å². The highest BCUT2D eigenvalue weighted by Gasteiger charge is 2.28. The molecule has 0 bridgehead atoms. The third-order valence-corrected chi connectivity index (χ3v) is 2.70. The van der Waals surface area contributed by atoms with E-state index < -0.39 is 18.0 Å². The van der Waals surface area contributed by atoms with E-state index in [2.05, 4.69) is 6.58 Å². The first kappa shape index (κ1) is 10.9. The summed E-state index contributed by atoms with van der Waals surface area (Å²) in [7, 11) is 0. The Morgan fingerprint density at radius 1 is 1.64 bits per heavy atom. The van der Waals surface area contributed by atoms with Crippen molar-refractivity contribution in [3.8, 4) is 0 Å². The maximum absolute atomic E-state index is 10.9. The summed E-state index contributed by atoms with van der Waals surface area (Å²) < 4.78 is 0. The van der Waals surface area contributed by atoms with Gasteiger partial charge in [0.15, 0.2) is 0 Å². The highest BCUT2D eigenvalue weighted by molar-refractivity contribution is 7.07. The summed E-state index contributed by atoms with van der Waals surface area (Å²) in [6.07, 6.45) is -1.00. The van der Waals surface area contributed by atoms with E-state index in [9.17, 15) is 9.90 Å². The van der Waals surface area contributed by atoms with Gasteiger partial charge in [-0.3, -0.25) is 4.79 Å². The molecule has 0 saturated heterocycles. The summed E-state index contributed by atoms with van der Waals surface area (Å²) >= 11 is 1.43. The highest BCUT2D eigenvalue weighted by Crippen LogP contribution is 2.28. The molecule has 0 spiro atoms. The van der Waals surface area contributed by atoms with Crippen LogP contribution in [0.1, 0.15) is 18.6 Å². The van der Waals surface area contributed by atoms with E-state index in [0.717, 1.165) is 0 Å². The van der Waals surface area contributed by atoms with Crippen molar-refractivity contribution in [2.45, 2.75) is 13.0 Å². The Labute approximate surface area is 86.3 Å². The molecule has 2 atom stereocenters. The molecule has 1 aromatic rings. The Morgan fingerprint density at radius 3 is 2.64 bits per heavy atom. The maximum atomic E-state index is 10.9. The lowest BCUT2D eigenvalue weighted by molar-refractivity contribution is -0.143. The zero-order valence-corrected chi connectivity index (χ0v) is 8.62. The lowest BCUT2D eigenvalue weighted by Crippen LogP contribution is -2.22. The fraction of sp³-hybridized carbons (Fsp3) is 0.300. The van der Waals surface area contributed by atoms with E-state index in [1.807, 2.05) is 0 Å². The van der Waals surface area contributed by atoms with E-state index >= 15 is 0 Å². The predicted molar refractivity (Wildman–Crippen MR) is 55.2 cm³/mol. The van der Waals surface area contributed by atoms with Crippen LogP contribution in [0.3, 0.4) is 0 Å². The van der Waals surface area contributed by atoms with Gasteiger partial charge >= 0.3 is 5.97 Å². The van der Waals surface area contributed by atoms with Gasteiger partial charge in [-0.15, -0.1) is 0 Å². The van der Waals surface area contributed by atoms with Gasteiger partial charge in [0, 0.05) is 0 Å². The Balaban J connectivity index is 2.90. The predicted octanol–water partition coefficient (Wildman–Crippen LogP) is 2.06. The summed E-state index contributed by atoms with van der Waals surface area (Å²) in [5.41, 5.74) is 1.08. The van der Waals surface area contributed by atoms with E-state index in [1.165, 1.54) is 11.3 Å². The monoisotopic (exact) mass is 212 g/mol. The lowest BCUT2D eigenvalue weighted by atomic mass is 9.92. The number of rotatable bonds is 4. The number of hydrogen-bond acceptors (Lipinski definition) is 3. The second kappa shape index (κ2) is 4.39. The zero-order chi connectivity index (χ0) is 10.7. The van der Waals surface area contributed by atoms with Gasteiger partial charge in [-0.2, -0.15) is 11.3 Å². The van der Waals surface area contributed by atoms with Gasteiger partial charge in [0.05, 0.1) is 6.10 Å². The third kappa shape index (κ3) is 2.21. The topological polar surface area (TPSA) is 57.5 Å². The van der Waals surface area contributed by atoms with Crippen molar-refractivity contribution >= 4 is 17.3 Å². The zero-order valence-electron chi connectivity index (χ0n) is 7.80. The Bertz CT molecular complexity index is 315. The SMILES string of the molecule is C=C(C)[C@@H](C(=O)O)[C@@H](O)c1ccsc1. The average molecular weight is 212 g/mol. The van der Waals surface area contributed by atoms with Crippen LogP contribution in [-0.2, 0) is 4.79 Å². The van der Waals surface area contributed by atoms with Crippen molar-refractivity contribution in [1.29, 1.82) is 0 Å². The number of carboxylic acids is 1. The quantitative estimate of drug-likeness (QED) is 0.751. The molecule has 2 N–H and O–H groups in total. The van der Waals surface area contributed by atoms with Crippen molar-refractivity contribution < 1.29 is 15.0 Å². The van der Waals surface area contributed by atoms with E-state index in [4.69, 9.17) is 5.11 Å². The minimum absolute atomic E-state index is 0.455. The average Bonchev–Trinajstić information content (AvgIpc) is 2.53. The molecule has 0 amide bonds. The molecular weight excluding hydrogens is 200 g/mol. The number of aliphatic hydroxyl groups is 1. The van der Waals surface area contributed by atoms with Crippen LogP contribution in [-0.4, -0.2) is 16.2 Å². The smallest absolute Gasteiger partial charge is 0.313 e. The number of carbonyl (C=O) groups is 1. The van der Waals surface area contributed by atoms with Crippen LogP contribution < -0.4 is 0 Å². The Hall–Kier alpha value is -1.13. The molecule has 1 aromatic heterocycles. The molecule has 0 aromatic carbocycles. The normalized spacial score (nSPS) is 14.7. The van der Waals surface area contributed by atoms with Gasteiger partial charge in [0.1, 0.15) is 5.92 Å². The highest BCUT2D eigenvalue weighted by atomic mass is 32.1. The van der Waals surface area contributed by atoms with Gasteiger partial charge in [-0.05, 0) is 29.3 Å². The van der Waals surface area contributed by atoms with Crippen molar-refractivity contribution in [3.63, 3.8) is 0 Å². The van der Waals surface area contributed by atoms with Crippen molar-refractivity contribution in [2.75, 3.05) is 0 Å². The summed E-state index contributed by atoms with van der Waals surface area (Å²) in [4.78, 5) is 10.9. The Morgan fingerprint density at radius 2 is 2.29 bits per heavy atom. The molecule has 0 fully saturated rings. The molecular formula is C10H12O3S. The minimum atomic E-state index is -1.05. The summed E-state index contributed by atoms with van der Waals surface area (Å²) in [6.45, 7) is 5.18. The van der Waals surface area contributed by atoms with Gasteiger partial charge in [0.2, 0.25) is 0 Å². The number of aliphatic hydroxyl groups excluding tert-OH is 1. The molecule has 0 aliphatic rings. The molecule has 1 rings (SSSR count). The van der Waals surface area contributed by atoms with Crippen LogP contribution in [0.4, 0.5) is 0 Å². The van der Waals surface area contributed by atoms with E-state index in [0.29, 0.717) is 11.1 Å². The maximum Gasteiger partial charge on any atom is 0.313 e. The molecule has 14 heavy (non-hydrogen) atoms. The molecule has 0 saturated carbocycles. The van der Waals surface area contributed by atoms with Crippen molar-refractivity contribution in [3.05, 3.63) is 34.5 Å². The first-order valence-corrected chi connectivity index (χ1v) is 5.06. The first-order chi connectivity index (χ1) is 6.54. The molecule has 4 heteroatoms. The van der Waals surface area contributed by atoms with E-state index in [1.54, 1.807) is 23.8 Å². The largest absolute Gasteiger partial charge is 0.481 e. The minimum Gasteiger partial charge on any atom is -0.481 e. The third-order valence-electron chi connectivity index (χ3n) is 2.00. The van der Waals surface area contributed by atoms with Crippen LogP contribution >= 0.6 is 11.3 Å². The number of thiophene rings is 1. The molecule has 0 unspecified atom stereocenters. The van der Waals surface area contributed by atoms with Gasteiger partial charge in [-0.1, -0.05) is 12.2 Å². The van der Waals surface area contributed by atoms with Crippen LogP contribution in [0.5, 0.6) is 0 Å². The summed E-state index contributed by atoms with van der Waals surface area (Å²) in [5, 5.41) is 22.2. The summed E-state index contributed by atoms with van der Waals surface area (Å²) in [5.74, 6) is -1.97. The van der Waals surface area contributed by atoms with Gasteiger partial charge in [-0.25, -0.2) is 0 Å². The van der Waals surface area contributed by atoms with Crippen LogP contribution in [0, 0.1) is 5.92 Å². The van der Waals surface area contributed by atoms with Crippen molar-refractivity contribution in [1.82, 2.24) is 0 Å². The van der Waals surface area contributed by atoms with E-state index in [-0.39, 0.29) is 0 Å². The number of carboxylic acid groups (broad SMARTS) is 1. The molecule has 76 valence electrons. The van der Waals surface area contributed by atoms with Crippen LogP contribution in [0.2, 0.25) is 0 Å². The molecule has 3 nitrogen and oxygen atoms in total. The molecule has 1 heterocycles. The van der Waals surface area contributed by atoms with Gasteiger partial charge < -0.3 is 10.2 Å². The molecule has 0 radical (unpaired) electrons. The summed E-state index contributed by atoms with van der Waals surface area (Å²) in [6, 6.07) is 1.72. The standard InChI is InChI=1S/C10H12O3S/c1-6(2)8(10(12)13)9(11)7-3-4-14-5-7/h3-5,8-9,11H,1H2,2H3,(H,12,13)/t8-,9+/m1/s1. The fourth-order valence-electron chi connectivity index (χ4n) is 1.25. The fourth-order valence-corrected chi connectivity index (χ4v) is 1.94.